The standard InChI is InChI=1S/C51H81N14O14P.C20H12O5.C9H18O.C4H7N3O/c1-37(66)21-25-63-35-38(57-58-63)19-20-40(68)15-10-9-13-23-53-51(71)79-43(41-33-44(75-6)45(76-7)34-42(41)65(72)73)22-24-60(4)47(70)18-12-11-16-39(67)17-14-30-77-31-32-78-50-55-48(61(5)36-46(52)69)54-49(56-50)62-26-28-64(29-27-62)80(8,74)59(2)3;21-11-5-7-15-17(9-11)25-18-10-12(22)6-8-16(18)19(15)13-3-1-2-4-14(13)20(23)24;1-3-4-5-6-7-8-9(2)10;1-4(8)2-3-6-7-5/h33-35,43H,9-32,36H2,1-8H3,(H2,52,69)(H,53,71);1-10,21H,(H,23,24);3-8H2,1-2H3;2-3H2,1H3. The number of phenols is 1. The highest BCUT2D eigenvalue weighted by atomic mass is 31.2. The van der Waals surface area contributed by atoms with E-state index in [-0.39, 0.29) is 146 Å². The second kappa shape index (κ2) is 53.8. The van der Waals surface area contributed by atoms with Gasteiger partial charge in [-0.15, -0.1) is 5.10 Å². The van der Waals surface area contributed by atoms with Gasteiger partial charge in [-0.1, -0.05) is 67.6 Å². The van der Waals surface area contributed by atoms with Crippen molar-refractivity contribution in [3.05, 3.63) is 127 Å². The number of nitrogens with one attached hydrogen (secondary N) is 1. The van der Waals surface area contributed by atoms with Crippen LogP contribution < -0.4 is 40.5 Å². The molecular formula is C84H118N17O21P. The van der Waals surface area contributed by atoms with Crippen LogP contribution in [0.25, 0.3) is 43.9 Å². The number of carbonyl (C=O) groups excluding carboxylic acids is 8. The number of aromatic hydroxyl groups is 1. The van der Waals surface area contributed by atoms with Crippen molar-refractivity contribution >= 4 is 88.8 Å². The molecule has 5 aromatic rings. The molecule has 2 unspecified atom stereocenters. The number of Topliss-reactive ketones (excluding diaryl/α,β-unsaturated/α-hetero) is 5. The van der Waals surface area contributed by atoms with E-state index in [9.17, 15) is 72.8 Å². The van der Waals surface area contributed by atoms with Crippen LogP contribution in [0.4, 0.5) is 22.4 Å². The van der Waals surface area contributed by atoms with E-state index in [1.165, 1.54) is 106 Å². The van der Waals surface area contributed by atoms with Gasteiger partial charge in [-0.05, 0) is 127 Å². The van der Waals surface area contributed by atoms with Crippen molar-refractivity contribution in [3.63, 3.8) is 0 Å². The Bertz CT molecular complexity index is 4780. The van der Waals surface area contributed by atoms with E-state index in [0.29, 0.717) is 161 Å². The molecule has 1 aliphatic carbocycles. The van der Waals surface area contributed by atoms with E-state index >= 15 is 0 Å². The topological polar surface area (TPSA) is 503 Å². The third kappa shape index (κ3) is 36.0. The number of primary amides is 1. The first kappa shape index (κ1) is 102. The SMILES string of the molecule is CC(=O)CCN=[N+]=[N-].CCCCCCCC(C)=O.COc1cc(C(CCN(C)C(=O)CCCCC(=O)CCCOCCOc2nc(N(C)CC(N)=O)nc(N3CCN(P(C)(=O)N(C)C)CC3)n2)OC(=O)NCCCCCC(=O)CCc2cn(CCC(C)=O)nn2)c([N+](=O)[O-])cc1OC.O=C(O)c1ccccc1-c1c2ccc(=O)cc-2oc2cc(O)ccc12. The van der Waals surface area contributed by atoms with Crippen molar-refractivity contribution in [2.24, 2.45) is 10.8 Å². The Balaban J connectivity index is 0.000000499. The Morgan fingerprint density at radius 1 is 0.756 bits per heavy atom. The zero-order chi connectivity index (χ0) is 90.6. The van der Waals surface area contributed by atoms with Crippen molar-refractivity contribution in [1.29, 1.82) is 0 Å². The van der Waals surface area contributed by atoms with Gasteiger partial charge in [0.25, 0.3) is 5.69 Å². The molecular weight excluding hydrogens is 1610 g/mol. The number of fused-ring (bicyclic) bond motifs is 2. The lowest BCUT2D eigenvalue weighted by Crippen LogP contribution is -2.47. The number of nitrogens with zero attached hydrogens (tertiary/aromatic N) is 15. The van der Waals surface area contributed by atoms with Crippen LogP contribution in [0.5, 0.6) is 23.3 Å². The lowest BCUT2D eigenvalue weighted by molar-refractivity contribution is -0.386. The summed E-state index contributed by atoms with van der Waals surface area (Å²) in [6.07, 6.45) is 12.5. The molecule has 3 aromatic carbocycles. The number of carbonyl (C=O) groups is 9. The Hall–Kier alpha value is -11.9. The molecule has 0 radical (unpaired) electrons. The number of benzene rings is 4. The number of azide groups is 1. The third-order valence-electron chi connectivity index (χ3n) is 19.6. The highest BCUT2D eigenvalue weighted by Gasteiger charge is 2.34. The Labute approximate surface area is 715 Å². The maximum absolute atomic E-state index is 13.2. The fourth-order valence-corrected chi connectivity index (χ4v) is 14.0. The molecule has 0 bridgehead atoms. The Morgan fingerprint density at radius 2 is 1.41 bits per heavy atom. The van der Waals surface area contributed by atoms with Crippen molar-refractivity contribution in [1.82, 2.24) is 49.5 Å². The van der Waals surface area contributed by atoms with Crippen molar-refractivity contribution in [2.75, 3.05) is 131 Å². The number of nitro groups is 1. The number of unbranched alkanes of at least 4 members (excludes halogenated alkanes) is 7. The smallest absolute Gasteiger partial charge is 0.407 e. The van der Waals surface area contributed by atoms with Crippen LogP contribution in [-0.4, -0.2) is 233 Å². The van der Waals surface area contributed by atoms with E-state index < -0.39 is 36.4 Å². The second-order valence-electron chi connectivity index (χ2n) is 29.6. The van der Waals surface area contributed by atoms with E-state index in [2.05, 4.69) is 47.5 Å². The number of hydrogen-bond donors (Lipinski definition) is 4. The monoisotopic (exact) mass is 1730 g/mol. The van der Waals surface area contributed by atoms with Gasteiger partial charge in [0.2, 0.25) is 31.2 Å². The number of alkyl carbamates (subject to hydrolysis) is 1. The van der Waals surface area contributed by atoms with Crippen LogP contribution in [0.2, 0.25) is 0 Å². The molecule has 2 atom stereocenters. The summed E-state index contributed by atoms with van der Waals surface area (Å²) in [5, 5.41) is 46.1. The van der Waals surface area contributed by atoms with Crippen molar-refractivity contribution < 1.29 is 91.0 Å². The maximum Gasteiger partial charge on any atom is 0.407 e. The molecule has 1 fully saturated rings. The zero-order valence-corrected chi connectivity index (χ0v) is 73.2. The predicted molar refractivity (Wildman–Crippen MR) is 462 cm³/mol. The molecule has 3 aliphatic rings. The zero-order valence-electron chi connectivity index (χ0n) is 72.3. The van der Waals surface area contributed by atoms with Crippen LogP contribution in [0.15, 0.2) is 93.3 Å². The van der Waals surface area contributed by atoms with Gasteiger partial charge in [-0.25, -0.2) is 18.9 Å². The van der Waals surface area contributed by atoms with Crippen molar-refractivity contribution in [3.8, 4) is 45.7 Å². The van der Waals surface area contributed by atoms with E-state index in [4.69, 9.17) is 39.4 Å². The number of aryl methyl sites for hydroxylation is 2. The number of rotatable bonds is 50. The number of methoxy groups -OCH3 is 2. The summed E-state index contributed by atoms with van der Waals surface area (Å²) in [6.45, 7) is 12.1. The first-order valence-corrected chi connectivity index (χ1v) is 43.0. The molecule has 1 saturated heterocycles. The van der Waals surface area contributed by atoms with Crippen LogP contribution in [0, 0.1) is 10.1 Å². The molecule has 0 spiro atoms. The number of ketones is 5. The summed E-state index contributed by atoms with van der Waals surface area (Å²) >= 11 is 0. The van der Waals surface area contributed by atoms with Gasteiger partial charge in [0.15, 0.2) is 16.9 Å². The highest BCUT2D eigenvalue weighted by molar-refractivity contribution is 7.58. The highest BCUT2D eigenvalue weighted by Crippen LogP contribution is 2.48. The van der Waals surface area contributed by atoms with Gasteiger partial charge < -0.3 is 73.7 Å². The number of carboxylic acid groups (broad SMARTS) is 1. The van der Waals surface area contributed by atoms with Crippen molar-refractivity contribution in [2.45, 2.75) is 175 Å². The Kier molecular flexibility index (Phi) is 44.5. The average Bonchev–Trinajstić information content (AvgIpc) is 0.862. The first-order chi connectivity index (χ1) is 58.7. The van der Waals surface area contributed by atoms with E-state index in [1.807, 2.05) is 9.57 Å². The average molecular weight is 1730 g/mol. The fourth-order valence-electron chi connectivity index (χ4n) is 12.6. The summed E-state index contributed by atoms with van der Waals surface area (Å²) in [5.41, 5.74) is 15.6. The van der Waals surface area contributed by atoms with Gasteiger partial charge in [-0.3, -0.25) is 48.1 Å². The Morgan fingerprint density at radius 3 is 2.07 bits per heavy atom. The lowest BCUT2D eigenvalue weighted by atomic mass is 9.91. The van der Waals surface area contributed by atoms with E-state index in [1.54, 1.807) is 87.7 Å². The minimum atomic E-state index is -2.67. The molecule has 2 aromatic heterocycles. The first-order valence-electron chi connectivity index (χ1n) is 40.9. The summed E-state index contributed by atoms with van der Waals surface area (Å²) < 4.78 is 52.2. The van der Waals surface area contributed by atoms with E-state index in [0.717, 1.165) is 12.8 Å². The second-order valence-corrected chi connectivity index (χ2v) is 32.7. The molecule has 670 valence electrons. The van der Waals surface area contributed by atoms with Gasteiger partial charge >= 0.3 is 18.1 Å². The van der Waals surface area contributed by atoms with Crippen LogP contribution in [-0.2, 0) is 60.6 Å². The predicted octanol–water partition coefficient (Wildman–Crippen LogP) is 12.4. The number of ether oxygens (including phenoxy) is 5. The van der Waals surface area contributed by atoms with Gasteiger partial charge in [0, 0.05) is 177 Å². The number of aromatic nitrogens is 6. The summed E-state index contributed by atoms with van der Waals surface area (Å²) in [4.78, 5) is 151. The number of anilines is 2. The number of hydrogen-bond acceptors (Lipinski definition) is 28. The molecule has 4 heterocycles. The fraction of sp³-hybridized carbons (Fsp3) is 0.536. The number of nitrogens with two attached hydrogens (primary N) is 1. The number of amides is 3. The number of phenolic OH excluding ortho intramolecular Hbond substituents is 1. The molecule has 3 amide bonds. The summed E-state index contributed by atoms with van der Waals surface area (Å²) in [7, 11) is 6.84. The minimum Gasteiger partial charge on any atom is -0.508 e. The number of aromatic carboxylic acids is 1. The number of likely N-dealkylation sites (N-methyl/N-ethyl adjacent to an activating group) is 1. The third-order valence-corrected chi connectivity index (χ3v) is 22.5. The lowest BCUT2D eigenvalue weighted by Gasteiger charge is -2.39. The molecule has 8 rings (SSSR count). The van der Waals surface area contributed by atoms with Crippen LogP contribution in [0.3, 0.4) is 0 Å². The number of piperazine rings is 1. The van der Waals surface area contributed by atoms with Crippen LogP contribution >= 0.6 is 7.44 Å². The summed E-state index contributed by atoms with van der Waals surface area (Å²) in [5.74, 6) is -0.118. The van der Waals surface area contributed by atoms with Gasteiger partial charge in [-0.2, -0.15) is 15.0 Å². The summed E-state index contributed by atoms with van der Waals surface area (Å²) in [6, 6.07) is 18.3. The molecule has 2 aliphatic heterocycles. The molecule has 0 saturated carbocycles. The van der Waals surface area contributed by atoms with Gasteiger partial charge in [0.05, 0.1) is 55.2 Å². The normalized spacial score (nSPS) is 12.5. The maximum atomic E-state index is 13.2. The van der Waals surface area contributed by atoms with Gasteiger partial charge in [0.1, 0.15) is 58.7 Å². The number of nitro benzene ring substituents is 1. The molecule has 38 nitrogen and oxygen atoms in total. The molecule has 123 heavy (non-hydrogen) atoms. The van der Waals surface area contributed by atoms with Crippen LogP contribution in [0.1, 0.15) is 184 Å². The number of carboxylic acids is 1. The molecule has 39 heteroatoms. The molecule has 5 N–H and O–H groups in total. The minimum absolute atomic E-state index is 0.00586. The quantitative estimate of drug-likeness (QED) is 0.00402. The largest absolute Gasteiger partial charge is 0.508 e.